The van der Waals surface area contributed by atoms with Crippen LogP contribution in [-0.2, 0) is 19.7 Å². The van der Waals surface area contributed by atoms with Crippen LogP contribution in [0.4, 0.5) is 43.9 Å². The van der Waals surface area contributed by atoms with Gasteiger partial charge in [-0.05, 0) is 0 Å². The molecule has 0 aliphatic heterocycles. The normalized spacial score (nSPS) is 16.5. The molecular weight excluding hydrogens is 330 g/mol. The van der Waals surface area contributed by atoms with E-state index in [1.807, 2.05) is 0 Å². The van der Waals surface area contributed by atoms with Gasteiger partial charge in [-0.3, -0.25) is 4.18 Å². The van der Waals surface area contributed by atoms with Crippen LogP contribution in [0.25, 0.3) is 0 Å². The first-order chi connectivity index (χ1) is 8.10. The molecule has 0 aliphatic carbocycles. The molecule has 0 spiro atoms. The summed E-state index contributed by atoms with van der Waals surface area (Å²) in [6.07, 6.45) is -18.3. The van der Waals surface area contributed by atoms with E-state index in [9.17, 15) is 48.1 Å². The molecular formula is C5H2F10O3S. The first-order valence-electron chi connectivity index (χ1n) is 3.74. The summed E-state index contributed by atoms with van der Waals surface area (Å²) >= 11 is -4.17. The van der Waals surface area contributed by atoms with E-state index in [4.69, 9.17) is 0 Å². The van der Waals surface area contributed by atoms with Gasteiger partial charge in [0.2, 0.25) is 0 Å². The van der Waals surface area contributed by atoms with Crippen LogP contribution < -0.4 is 0 Å². The lowest BCUT2D eigenvalue weighted by atomic mass is 10.3. The fourth-order valence-electron chi connectivity index (χ4n) is 0.442. The summed E-state index contributed by atoms with van der Waals surface area (Å²) in [7, 11) is 0. The fourth-order valence-corrected chi connectivity index (χ4v) is 0.995. The lowest BCUT2D eigenvalue weighted by Crippen LogP contribution is -2.53. The van der Waals surface area contributed by atoms with Crippen LogP contribution in [0.15, 0.2) is 0 Å². The predicted octanol–water partition coefficient (Wildman–Crippen LogP) is 2.95. The Balaban J connectivity index is 4.74. The summed E-state index contributed by atoms with van der Waals surface area (Å²) in [5.41, 5.74) is 0. The summed E-state index contributed by atoms with van der Waals surface area (Å²) < 4.78 is 133. The van der Waals surface area contributed by atoms with Crippen molar-refractivity contribution in [1.29, 1.82) is 0 Å². The van der Waals surface area contributed by atoms with Gasteiger partial charge in [-0.25, -0.2) is 0 Å². The van der Waals surface area contributed by atoms with Gasteiger partial charge in [0.05, 0.1) is 0 Å². The van der Waals surface area contributed by atoms with E-state index in [-0.39, 0.29) is 0 Å². The molecule has 0 amide bonds. The SMILES string of the molecule is O=S(OCC(F)(F)F)OC(F)(F)C(F)(F)C(F)(F)F. The Morgan fingerprint density at radius 2 is 1.26 bits per heavy atom. The van der Waals surface area contributed by atoms with Gasteiger partial charge < -0.3 is 0 Å². The summed E-state index contributed by atoms with van der Waals surface area (Å²) in [5.74, 6) is -6.77. The number of halogens is 10. The minimum absolute atomic E-state index is 2.37. The molecule has 1 unspecified atom stereocenters. The Bertz CT molecular complexity index is 333. The van der Waals surface area contributed by atoms with Crippen molar-refractivity contribution >= 4 is 11.4 Å². The predicted molar refractivity (Wildman–Crippen MR) is 37.2 cm³/mol. The third-order valence-electron chi connectivity index (χ3n) is 1.21. The molecule has 19 heavy (non-hydrogen) atoms. The Morgan fingerprint density at radius 3 is 1.58 bits per heavy atom. The number of hydrogen-bond donors (Lipinski definition) is 0. The summed E-state index contributed by atoms with van der Waals surface area (Å²) in [5, 5.41) is 0. The highest BCUT2D eigenvalue weighted by Gasteiger charge is 2.75. The zero-order valence-electron chi connectivity index (χ0n) is 8.12. The first kappa shape index (κ1) is 18.4. The van der Waals surface area contributed by atoms with Crippen LogP contribution in [0.2, 0.25) is 0 Å². The van der Waals surface area contributed by atoms with Gasteiger partial charge in [0.1, 0.15) is 0 Å². The van der Waals surface area contributed by atoms with Gasteiger partial charge in [-0.15, -0.1) is 0 Å². The zero-order chi connectivity index (χ0) is 15.7. The van der Waals surface area contributed by atoms with E-state index >= 15 is 0 Å². The maximum absolute atomic E-state index is 12.3. The third kappa shape index (κ3) is 5.10. The molecule has 0 rings (SSSR count). The second-order valence-corrected chi connectivity index (χ2v) is 3.56. The summed E-state index contributed by atoms with van der Waals surface area (Å²) in [6, 6.07) is 0. The minimum Gasteiger partial charge on any atom is -0.259 e. The molecule has 0 aromatic rings. The molecule has 116 valence electrons. The standard InChI is InChI=1S/C5H2F10O3S/c6-2(7,8)1-17-19(16)18-5(14,15)3(9,10)4(11,12)13/h1H2. The number of rotatable bonds is 5. The maximum Gasteiger partial charge on any atom is 0.462 e. The second kappa shape index (κ2) is 5.40. The average molecular weight is 332 g/mol. The number of alkyl halides is 10. The highest BCUT2D eigenvalue weighted by Crippen LogP contribution is 2.47. The van der Waals surface area contributed by atoms with Gasteiger partial charge in [0.25, 0.3) is 0 Å². The van der Waals surface area contributed by atoms with Gasteiger partial charge in [0.15, 0.2) is 6.61 Å². The van der Waals surface area contributed by atoms with Crippen molar-refractivity contribution in [2.75, 3.05) is 6.61 Å². The van der Waals surface area contributed by atoms with E-state index in [0.29, 0.717) is 0 Å². The molecule has 1 atom stereocenters. The van der Waals surface area contributed by atoms with Crippen LogP contribution >= 0.6 is 0 Å². The minimum atomic E-state index is -6.77. The highest BCUT2D eigenvalue weighted by atomic mass is 32.2. The van der Waals surface area contributed by atoms with Gasteiger partial charge in [-0.1, -0.05) is 0 Å². The molecule has 0 saturated heterocycles. The number of hydrogen-bond acceptors (Lipinski definition) is 3. The fraction of sp³-hybridized carbons (Fsp3) is 1.00. The molecule has 0 saturated carbocycles. The molecule has 0 heterocycles. The Hall–Kier alpha value is -0.630. The lowest BCUT2D eigenvalue weighted by molar-refractivity contribution is -0.402. The van der Waals surface area contributed by atoms with E-state index in [1.54, 1.807) is 0 Å². The first-order valence-corrected chi connectivity index (χ1v) is 4.74. The third-order valence-corrected chi connectivity index (χ3v) is 1.87. The van der Waals surface area contributed by atoms with Crippen molar-refractivity contribution < 1.29 is 56.5 Å². The molecule has 14 heteroatoms. The maximum atomic E-state index is 12.3. The highest BCUT2D eigenvalue weighted by molar-refractivity contribution is 7.75. The van der Waals surface area contributed by atoms with E-state index in [0.717, 1.165) is 0 Å². The largest absolute Gasteiger partial charge is 0.462 e. The second-order valence-electron chi connectivity index (χ2n) is 2.75. The summed E-state index contributed by atoms with van der Waals surface area (Å²) in [6.45, 7) is -2.45. The Labute approximate surface area is 99.9 Å². The molecule has 0 bridgehead atoms. The van der Waals surface area contributed by atoms with Crippen molar-refractivity contribution in [3.63, 3.8) is 0 Å². The van der Waals surface area contributed by atoms with E-state index in [2.05, 4.69) is 8.37 Å². The van der Waals surface area contributed by atoms with E-state index < -0.39 is 42.4 Å². The van der Waals surface area contributed by atoms with Crippen molar-refractivity contribution in [1.82, 2.24) is 0 Å². The van der Waals surface area contributed by atoms with Crippen LogP contribution in [-0.4, -0.2) is 35.2 Å². The molecule has 3 nitrogen and oxygen atoms in total. The van der Waals surface area contributed by atoms with Crippen LogP contribution in [0, 0.1) is 0 Å². The smallest absolute Gasteiger partial charge is 0.259 e. The summed E-state index contributed by atoms with van der Waals surface area (Å²) in [4.78, 5) is 0. The molecule has 0 fully saturated rings. The van der Waals surface area contributed by atoms with Gasteiger partial charge in [0, 0.05) is 0 Å². The molecule has 0 aromatic heterocycles. The lowest BCUT2D eigenvalue weighted by Gasteiger charge is -2.26. The average Bonchev–Trinajstić information content (AvgIpc) is 2.10. The molecule has 0 aliphatic rings. The molecule has 0 N–H and O–H groups in total. The van der Waals surface area contributed by atoms with Crippen molar-refractivity contribution in [3.8, 4) is 0 Å². The molecule has 0 aromatic carbocycles. The van der Waals surface area contributed by atoms with Crippen molar-refractivity contribution in [2.24, 2.45) is 0 Å². The van der Waals surface area contributed by atoms with Crippen LogP contribution in [0.3, 0.4) is 0 Å². The Kier molecular flexibility index (Phi) is 5.22. The van der Waals surface area contributed by atoms with Crippen molar-refractivity contribution in [3.05, 3.63) is 0 Å². The van der Waals surface area contributed by atoms with Crippen LogP contribution in [0.1, 0.15) is 0 Å². The van der Waals surface area contributed by atoms with Crippen LogP contribution in [0.5, 0.6) is 0 Å². The molecule has 0 radical (unpaired) electrons. The van der Waals surface area contributed by atoms with E-state index in [1.165, 1.54) is 0 Å². The topological polar surface area (TPSA) is 35.5 Å². The zero-order valence-corrected chi connectivity index (χ0v) is 8.94. The monoisotopic (exact) mass is 332 g/mol. The van der Waals surface area contributed by atoms with Crippen molar-refractivity contribution in [2.45, 2.75) is 24.4 Å². The Morgan fingerprint density at radius 1 is 0.842 bits per heavy atom. The van der Waals surface area contributed by atoms with Gasteiger partial charge in [-0.2, -0.15) is 52.3 Å². The quantitative estimate of drug-likeness (QED) is 0.726. The van der Waals surface area contributed by atoms with Gasteiger partial charge >= 0.3 is 35.7 Å².